The zero-order valence-electron chi connectivity index (χ0n) is 40.1. The first-order valence-corrected chi connectivity index (χ1v) is 25.8. The Balaban J connectivity index is 0.690. The smallest absolute Gasteiger partial charge is 0.266 e. The van der Waals surface area contributed by atoms with E-state index in [4.69, 9.17) is 16.3 Å². The van der Waals surface area contributed by atoms with E-state index in [-0.39, 0.29) is 160 Å². The van der Waals surface area contributed by atoms with Crippen molar-refractivity contribution in [1.29, 1.82) is 0 Å². The van der Waals surface area contributed by atoms with E-state index in [1.165, 1.54) is 33.7 Å². The Morgan fingerprint density at radius 2 is 1.18 bits per heavy atom. The quantitative estimate of drug-likeness (QED) is 0.0812. The Bertz CT molecular complexity index is 2650. The highest BCUT2D eigenvalue weighted by atomic mass is 35.5. The van der Waals surface area contributed by atoms with Crippen molar-refractivity contribution in [2.24, 2.45) is 0 Å². The number of ether oxygens (including phenoxy) is 1. The summed E-state index contributed by atoms with van der Waals surface area (Å²) in [6.45, 7) is 4.22. The number of imide groups is 2. The van der Waals surface area contributed by atoms with Gasteiger partial charge in [-0.3, -0.25) is 67.9 Å². The van der Waals surface area contributed by atoms with Gasteiger partial charge in [0.05, 0.1) is 29.1 Å². The molecule has 4 heterocycles. The van der Waals surface area contributed by atoms with Crippen LogP contribution in [0.1, 0.15) is 123 Å². The molecule has 17 nitrogen and oxygen atoms in total. The molecule has 19 heteroatoms. The van der Waals surface area contributed by atoms with Crippen molar-refractivity contribution in [3.63, 3.8) is 0 Å². The second-order valence-electron chi connectivity index (χ2n) is 18.4. The number of carbonyl (C=O) groups excluding carboxylic acids is 11. The molecule has 0 bridgehead atoms. The highest BCUT2D eigenvalue weighted by molar-refractivity contribution is 7.99. The summed E-state index contributed by atoms with van der Waals surface area (Å²) < 4.78 is 5.69. The van der Waals surface area contributed by atoms with Crippen molar-refractivity contribution in [2.75, 3.05) is 50.8 Å². The molecule has 1 unspecified atom stereocenters. The number of nitrogens with zero attached hydrogens (tertiary/aromatic N) is 4. The lowest BCUT2D eigenvalue weighted by molar-refractivity contribution is -0.136. The molecule has 72 heavy (non-hydrogen) atoms. The average Bonchev–Trinajstić information content (AvgIpc) is 3.63. The van der Waals surface area contributed by atoms with Crippen LogP contribution < -0.4 is 15.0 Å². The number of hydrogen-bond donors (Lipinski definition) is 1. The number of piperidine rings is 1. The van der Waals surface area contributed by atoms with E-state index in [1.54, 1.807) is 16.7 Å². The zero-order valence-corrected chi connectivity index (χ0v) is 41.7. The van der Waals surface area contributed by atoms with Gasteiger partial charge in [0, 0.05) is 137 Å². The number of anilines is 2. The Morgan fingerprint density at radius 1 is 0.611 bits per heavy atom. The van der Waals surface area contributed by atoms with Crippen molar-refractivity contribution < 1.29 is 57.5 Å². The lowest BCUT2D eigenvalue weighted by atomic mass is 10.0. The van der Waals surface area contributed by atoms with Crippen LogP contribution in [-0.4, -0.2) is 131 Å². The SMILES string of the molecule is O=C(CCOc1cccc2c1C(=O)N(C1CCC(=O)NC1=O)C2=O)CCC(=O)CCC(=O)CCC(=O)CCC(=O)CCC(=O)CCC(=O)N1CCN(CCCN2c3ccccc3Sc3ccc(Cl)cc32)CC1. The molecule has 380 valence electrons. The van der Waals surface area contributed by atoms with Crippen LogP contribution in [0.4, 0.5) is 11.4 Å². The molecule has 5 amide bonds. The minimum Gasteiger partial charge on any atom is -0.492 e. The number of halogens is 1. The second kappa shape index (κ2) is 25.3. The molecule has 1 atom stereocenters. The van der Waals surface area contributed by atoms with E-state index in [9.17, 15) is 52.7 Å². The third-order valence-corrected chi connectivity index (χ3v) is 14.6. The maximum Gasteiger partial charge on any atom is 0.266 e. The van der Waals surface area contributed by atoms with Crippen LogP contribution in [0.15, 0.2) is 70.5 Å². The fourth-order valence-electron chi connectivity index (χ4n) is 9.14. The third kappa shape index (κ3) is 14.2. The van der Waals surface area contributed by atoms with Gasteiger partial charge in [0.1, 0.15) is 46.5 Å². The molecule has 7 rings (SSSR count). The number of ketones is 6. The van der Waals surface area contributed by atoms with E-state index in [2.05, 4.69) is 33.3 Å². The van der Waals surface area contributed by atoms with Crippen molar-refractivity contribution in [3.8, 4) is 5.75 Å². The van der Waals surface area contributed by atoms with Gasteiger partial charge in [-0.1, -0.05) is 41.6 Å². The standard InChI is InChI=1S/C53H58ClN5O12S/c54-34-9-22-47-44(33-34)58(42-6-1-2-8-46(42)72-47)27-4-26-56-28-30-57(31-29-56)49(67)24-20-39(64)17-16-37(62)13-12-35(60)10-11-36(61)14-15-38(63)18-19-40(65)25-32-71-45-7-3-5-41-50(45)53(70)59(52(41)69)43-21-23-48(66)55-51(43)68/h1-3,5-9,22,33,43H,4,10-21,23-32H2,(H,55,66,68). The number of para-hydroxylation sites is 1. The highest BCUT2D eigenvalue weighted by Gasteiger charge is 2.46. The molecular formula is C53H58ClN5O12S. The molecule has 3 aromatic rings. The van der Waals surface area contributed by atoms with Crippen LogP contribution in [0.5, 0.6) is 5.75 Å². The summed E-state index contributed by atoms with van der Waals surface area (Å²) in [7, 11) is 0. The Hall–Kier alpha value is -6.37. The molecule has 0 spiro atoms. The van der Waals surface area contributed by atoms with E-state index < -0.39 is 29.7 Å². The Kier molecular flexibility index (Phi) is 18.8. The normalized spacial score (nSPS) is 16.5. The maximum absolute atomic E-state index is 13.2. The van der Waals surface area contributed by atoms with Gasteiger partial charge in [0.15, 0.2) is 0 Å². The zero-order chi connectivity index (χ0) is 51.3. The van der Waals surface area contributed by atoms with Gasteiger partial charge in [0.25, 0.3) is 11.8 Å². The van der Waals surface area contributed by atoms with Crippen molar-refractivity contribution in [2.45, 2.75) is 119 Å². The Labute approximate surface area is 426 Å². The number of nitrogens with one attached hydrogen (secondary N) is 1. The predicted molar refractivity (Wildman–Crippen MR) is 265 cm³/mol. The molecule has 2 fully saturated rings. The first-order valence-electron chi connectivity index (χ1n) is 24.6. The molecule has 0 aromatic heterocycles. The predicted octanol–water partition coefficient (Wildman–Crippen LogP) is 6.44. The number of rotatable bonds is 27. The molecule has 0 saturated carbocycles. The van der Waals surface area contributed by atoms with E-state index in [0.29, 0.717) is 18.1 Å². The summed E-state index contributed by atoms with van der Waals surface area (Å²) in [5.74, 6) is -4.28. The van der Waals surface area contributed by atoms with Crippen molar-refractivity contribution in [1.82, 2.24) is 20.0 Å². The number of carbonyl (C=O) groups is 11. The first kappa shape index (κ1) is 53.4. The van der Waals surface area contributed by atoms with E-state index in [0.717, 1.165) is 43.2 Å². The average molecular weight is 1020 g/mol. The number of amides is 5. The molecule has 4 aliphatic rings. The van der Waals surface area contributed by atoms with Crippen LogP contribution in [0.2, 0.25) is 5.02 Å². The number of fused-ring (bicyclic) bond motifs is 3. The third-order valence-electron chi connectivity index (χ3n) is 13.3. The summed E-state index contributed by atoms with van der Waals surface area (Å²) in [5.41, 5.74) is 2.28. The minimum atomic E-state index is -1.14. The fraction of sp³-hybridized carbons (Fsp3) is 0.453. The monoisotopic (exact) mass is 1020 g/mol. The van der Waals surface area contributed by atoms with Crippen LogP contribution >= 0.6 is 23.4 Å². The molecule has 0 radical (unpaired) electrons. The van der Waals surface area contributed by atoms with Gasteiger partial charge in [-0.25, -0.2) is 0 Å². The molecule has 0 aliphatic carbocycles. The molecular weight excluding hydrogens is 966 g/mol. The van der Waals surface area contributed by atoms with Gasteiger partial charge >= 0.3 is 0 Å². The van der Waals surface area contributed by atoms with E-state index >= 15 is 0 Å². The summed E-state index contributed by atoms with van der Waals surface area (Å²) in [4.78, 5) is 148. The van der Waals surface area contributed by atoms with Crippen LogP contribution in [0.25, 0.3) is 0 Å². The summed E-state index contributed by atoms with van der Waals surface area (Å²) in [6, 6.07) is 17.6. The number of piperazine rings is 1. The van der Waals surface area contributed by atoms with Gasteiger partial charge in [-0.05, 0) is 61.9 Å². The summed E-state index contributed by atoms with van der Waals surface area (Å²) in [5, 5.41) is 2.84. The van der Waals surface area contributed by atoms with Gasteiger partial charge in [-0.15, -0.1) is 0 Å². The number of Topliss-reactive ketones (excluding diaryl/α,β-unsaturated/α-hetero) is 6. The first-order chi connectivity index (χ1) is 34.6. The summed E-state index contributed by atoms with van der Waals surface area (Å²) in [6.07, 6.45) is 0.252. The van der Waals surface area contributed by atoms with Crippen LogP contribution in [0.3, 0.4) is 0 Å². The topological polar surface area (TPSA) is 222 Å². The highest BCUT2D eigenvalue weighted by Crippen LogP contribution is 2.48. The minimum absolute atomic E-state index is 0.00300. The van der Waals surface area contributed by atoms with Gasteiger partial charge in [0.2, 0.25) is 17.7 Å². The number of hydrogen-bond acceptors (Lipinski definition) is 15. The molecule has 1 N–H and O–H groups in total. The van der Waals surface area contributed by atoms with Crippen LogP contribution in [0, 0.1) is 0 Å². The molecule has 2 saturated heterocycles. The largest absolute Gasteiger partial charge is 0.492 e. The molecule has 3 aromatic carbocycles. The Morgan fingerprint density at radius 3 is 1.79 bits per heavy atom. The van der Waals surface area contributed by atoms with Crippen LogP contribution in [-0.2, 0) is 43.2 Å². The van der Waals surface area contributed by atoms with Gasteiger partial charge < -0.3 is 14.5 Å². The van der Waals surface area contributed by atoms with Crippen molar-refractivity contribution >= 4 is 99.0 Å². The fourth-order valence-corrected chi connectivity index (χ4v) is 10.4. The van der Waals surface area contributed by atoms with E-state index in [1.807, 2.05) is 24.3 Å². The lowest BCUT2D eigenvalue weighted by Crippen LogP contribution is -2.54. The van der Waals surface area contributed by atoms with Gasteiger partial charge in [-0.2, -0.15) is 0 Å². The summed E-state index contributed by atoms with van der Waals surface area (Å²) >= 11 is 8.12. The second-order valence-corrected chi connectivity index (χ2v) is 19.9. The maximum atomic E-state index is 13.2. The lowest BCUT2D eigenvalue weighted by Gasteiger charge is -2.36. The number of benzene rings is 3. The van der Waals surface area contributed by atoms with Crippen molar-refractivity contribution in [3.05, 3.63) is 76.8 Å². The molecule has 4 aliphatic heterocycles.